The fraction of sp³-hybridized carbons (Fsp3) is 0.357. The first-order valence-electron chi connectivity index (χ1n) is 6.10. The van der Waals surface area contributed by atoms with Crippen LogP contribution in [0.1, 0.15) is 37.2 Å². The Hall–Kier alpha value is -1.29. The Kier molecular flexibility index (Phi) is 4.07. The van der Waals surface area contributed by atoms with E-state index in [0.717, 1.165) is 22.7 Å². The number of hydrogen-bond donors (Lipinski definition) is 1. The third kappa shape index (κ3) is 2.75. The molecule has 96 valence electrons. The molecule has 0 radical (unpaired) electrons. The Labute approximate surface area is 115 Å². The number of rotatable bonds is 4. The lowest BCUT2D eigenvalue weighted by molar-refractivity contribution is 0.0912. The van der Waals surface area contributed by atoms with E-state index < -0.39 is 0 Å². The van der Waals surface area contributed by atoms with Crippen molar-refractivity contribution in [3.8, 4) is 0 Å². The van der Waals surface area contributed by atoms with E-state index in [2.05, 4.69) is 28.2 Å². The predicted molar refractivity (Wildman–Crippen MR) is 75.8 cm³/mol. The Balaban J connectivity index is 2.21. The molecule has 2 rings (SSSR count). The monoisotopic (exact) mass is 309 g/mol. The number of amides is 1. The number of halogens is 1. The van der Waals surface area contributed by atoms with Crippen molar-refractivity contribution in [3.63, 3.8) is 0 Å². The quantitative estimate of drug-likeness (QED) is 0.923. The van der Waals surface area contributed by atoms with E-state index in [1.54, 1.807) is 6.07 Å². The first-order valence-corrected chi connectivity index (χ1v) is 6.90. The van der Waals surface area contributed by atoms with Gasteiger partial charge in [-0.2, -0.15) is 0 Å². The molecule has 1 unspecified atom stereocenters. The Morgan fingerprint density at radius 1 is 1.50 bits per heavy atom. The van der Waals surface area contributed by atoms with Crippen LogP contribution < -0.4 is 5.32 Å². The number of fused-ring (bicyclic) bond motifs is 1. The zero-order valence-corrected chi connectivity index (χ0v) is 12.1. The molecular weight excluding hydrogens is 294 g/mol. The zero-order valence-electron chi connectivity index (χ0n) is 10.5. The average molecular weight is 310 g/mol. The highest BCUT2D eigenvalue weighted by atomic mass is 79.9. The smallest absolute Gasteiger partial charge is 0.287 e. The number of carbonyl (C=O) groups excluding carboxylic acids is 1. The number of para-hydroxylation sites is 1. The highest BCUT2D eigenvalue weighted by Gasteiger charge is 2.15. The normalized spacial score (nSPS) is 12.6. The van der Waals surface area contributed by atoms with E-state index in [9.17, 15) is 4.79 Å². The molecule has 1 heterocycles. The second kappa shape index (κ2) is 5.57. The minimum absolute atomic E-state index is 0.154. The van der Waals surface area contributed by atoms with E-state index >= 15 is 0 Å². The summed E-state index contributed by atoms with van der Waals surface area (Å²) in [6.45, 7) is 4.10. The average Bonchev–Trinajstić information content (AvgIpc) is 2.74. The Morgan fingerprint density at radius 3 is 2.94 bits per heavy atom. The maximum Gasteiger partial charge on any atom is 0.287 e. The standard InChI is InChI=1S/C14H16BrNO2/c1-3-5-9(2)16-14(17)12-8-10-6-4-7-11(15)13(10)18-12/h4,6-9H,3,5H2,1-2H3,(H,16,17). The van der Waals surface area contributed by atoms with Crippen molar-refractivity contribution in [1.29, 1.82) is 0 Å². The van der Waals surface area contributed by atoms with Gasteiger partial charge >= 0.3 is 0 Å². The summed E-state index contributed by atoms with van der Waals surface area (Å²) in [6.07, 6.45) is 2.02. The van der Waals surface area contributed by atoms with Gasteiger partial charge in [0.2, 0.25) is 0 Å². The van der Waals surface area contributed by atoms with Crippen LogP contribution in [-0.4, -0.2) is 11.9 Å². The lowest BCUT2D eigenvalue weighted by Gasteiger charge is -2.10. The van der Waals surface area contributed by atoms with Crippen LogP contribution in [0.15, 0.2) is 33.2 Å². The van der Waals surface area contributed by atoms with Crippen molar-refractivity contribution < 1.29 is 9.21 Å². The molecule has 1 aromatic heterocycles. The zero-order chi connectivity index (χ0) is 13.1. The van der Waals surface area contributed by atoms with E-state index in [1.165, 1.54) is 0 Å². The van der Waals surface area contributed by atoms with Gasteiger partial charge < -0.3 is 9.73 Å². The van der Waals surface area contributed by atoms with Crippen LogP contribution in [-0.2, 0) is 0 Å². The minimum Gasteiger partial charge on any atom is -0.450 e. The molecule has 0 aliphatic carbocycles. The topological polar surface area (TPSA) is 42.2 Å². The van der Waals surface area contributed by atoms with Crippen LogP contribution in [0, 0.1) is 0 Å². The fourth-order valence-corrected chi connectivity index (χ4v) is 2.40. The van der Waals surface area contributed by atoms with Gasteiger partial charge in [-0.25, -0.2) is 0 Å². The SMILES string of the molecule is CCCC(C)NC(=O)c1cc2cccc(Br)c2o1. The molecule has 3 nitrogen and oxygen atoms in total. The first kappa shape index (κ1) is 13.1. The van der Waals surface area contributed by atoms with Gasteiger partial charge in [0.25, 0.3) is 5.91 Å². The molecule has 0 spiro atoms. The number of carbonyl (C=O) groups is 1. The third-order valence-corrected chi connectivity index (χ3v) is 3.44. The van der Waals surface area contributed by atoms with Gasteiger partial charge in [0.05, 0.1) is 4.47 Å². The molecule has 0 saturated carbocycles. The molecule has 18 heavy (non-hydrogen) atoms. The highest BCUT2D eigenvalue weighted by molar-refractivity contribution is 9.10. The molecule has 2 aromatic rings. The van der Waals surface area contributed by atoms with E-state index in [1.807, 2.05) is 25.1 Å². The van der Waals surface area contributed by atoms with Gasteiger partial charge in [-0.05, 0) is 41.4 Å². The molecule has 0 aliphatic heterocycles. The summed E-state index contributed by atoms with van der Waals surface area (Å²) in [5.41, 5.74) is 0.714. The lowest BCUT2D eigenvalue weighted by Crippen LogP contribution is -2.32. The second-order valence-corrected chi connectivity index (χ2v) is 5.29. The van der Waals surface area contributed by atoms with Gasteiger partial charge in [0, 0.05) is 11.4 Å². The summed E-state index contributed by atoms with van der Waals surface area (Å²) in [7, 11) is 0. The first-order chi connectivity index (χ1) is 8.61. The Morgan fingerprint density at radius 2 is 2.28 bits per heavy atom. The molecule has 0 bridgehead atoms. The summed E-state index contributed by atoms with van der Waals surface area (Å²) < 4.78 is 6.44. The van der Waals surface area contributed by atoms with Crippen LogP contribution in [0.25, 0.3) is 11.0 Å². The van der Waals surface area contributed by atoms with E-state index in [0.29, 0.717) is 11.3 Å². The predicted octanol–water partition coefficient (Wildman–Crippen LogP) is 4.11. The van der Waals surface area contributed by atoms with Crippen molar-refractivity contribution in [2.24, 2.45) is 0 Å². The maximum atomic E-state index is 12.0. The minimum atomic E-state index is -0.154. The molecule has 0 aliphatic rings. The van der Waals surface area contributed by atoms with Crippen LogP contribution in [0.4, 0.5) is 0 Å². The van der Waals surface area contributed by atoms with Crippen LogP contribution in [0.5, 0.6) is 0 Å². The number of hydrogen-bond acceptors (Lipinski definition) is 2. The molecule has 1 amide bonds. The van der Waals surface area contributed by atoms with Gasteiger partial charge in [0.15, 0.2) is 5.76 Å². The molecule has 1 N–H and O–H groups in total. The van der Waals surface area contributed by atoms with Crippen LogP contribution >= 0.6 is 15.9 Å². The molecule has 4 heteroatoms. The van der Waals surface area contributed by atoms with Gasteiger partial charge in [-0.3, -0.25) is 4.79 Å². The highest BCUT2D eigenvalue weighted by Crippen LogP contribution is 2.26. The maximum absolute atomic E-state index is 12.0. The van der Waals surface area contributed by atoms with E-state index in [4.69, 9.17) is 4.42 Å². The third-order valence-electron chi connectivity index (χ3n) is 2.82. The molecule has 0 saturated heterocycles. The summed E-state index contributed by atoms with van der Waals surface area (Å²) in [6, 6.07) is 7.68. The number of furan rings is 1. The molecule has 0 fully saturated rings. The van der Waals surface area contributed by atoms with Crippen molar-refractivity contribution in [1.82, 2.24) is 5.32 Å². The van der Waals surface area contributed by atoms with Crippen LogP contribution in [0.2, 0.25) is 0 Å². The van der Waals surface area contributed by atoms with Gasteiger partial charge in [-0.15, -0.1) is 0 Å². The van der Waals surface area contributed by atoms with Gasteiger partial charge in [-0.1, -0.05) is 25.5 Å². The van der Waals surface area contributed by atoms with Crippen molar-refractivity contribution in [3.05, 3.63) is 34.5 Å². The van der Waals surface area contributed by atoms with Crippen molar-refractivity contribution >= 4 is 32.8 Å². The fourth-order valence-electron chi connectivity index (χ4n) is 1.94. The number of nitrogens with one attached hydrogen (secondary N) is 1. The summed E-state index contributed by atoms with van der Waals surface area (Å²) in [5.74, 6) is 0.207. The molecule has 1 aromatic carbocycles. The lowest BCUT2D eigenvalue weighted by atomic mass is 10.2. The van der Waals surface area contributed by atoms with Crippen molar-refractivity contribution in [2.75, 3.05) is 0 Å². The molecule has 1 atom stereocenters. The summed E-state index contributed by atoms with van der Waals surface area (Å²) in [5, 5.41) is 3.86. The van der Waals surface area contributed by atoms with Crippen LogP contribution in [0.3, 0.4) is 0 Å². The second-order valence-electron chi connectivity index (χ2n) is 4.43. The largest absolute Gasteiger partial charge is 0.450 e. The van der Waals surface area contributed by atoms with Crippen molar-refractivity contribution in [2.45, 2.75) is 32.7 Å². The van der Waals surface area contributed by atoms with Gasteiger partial charge in [0.1, 0.15) is 5.58 Å². The molecular formula is C14H16BrNO2. The number of benzene rings is 1. The Bertz CT molecular complexity index is 562. The van der Waals surface area contributed by atoms with E-state index in [-0.39, 0.29) is 11.9 Å². The summed E-state index contributed by atoms with van der Waals surface area (Å²) in [4.78, 5) is 12.0. The summed E-state index contributed by atoms with van der Waals surface area (Å²) >= 11 is 3.41.